The smallest absolute Gasteiger partial charge is 0.312 e. The van der Waals surface area contributed by atoms with Crippen LogP contribution in [0.4, 0.5) is 0 Å². The molecule has 3 aliphatic heterocycles. The van der Waals surface area contributed by atoms with Crippen LogP contribution in [0.25, 0.3) is 0 Å². The standard InChI is InChI=1S/C30H40N2O6/c1-6-8-12-18-37-28(36)24-23-26(34)32(22(19-33)21-13-10-9-11-14-21)25(27(35)31(17-7-2)20(3)4)30(23)16-15-29(24,5)38-30/h6-7,9-11,13-14,20,22-25,33H,1-2,8,12,15-19H2,3-5H3/t22-,23+,24-,25?,29+,30?/m1/s1. The number of hydrogen-bond donors (Lipinski definition) is 1. The minimum absolute atomic E-state index is 0.156. The van der Waals surface area contributed by atoms with Gasteiger partial charge in [0.05, 0.1) is 30.8 Å². The van der Waals surface area contributed by atoms with Crippen LogP contribution in [0, 0.1) is 11.8 Å². The van der Waals surface area contributed by atoms with E-state index in [4.69, 9.17) is 9.47 Å². The Morgan fingerprint density at radius 2 is 1.95 bits per heavy atom. The summed E-state index contributed by atoms with van der Waals surface area (Å²) in [5.41, 5.74) is -1.39. The summed E-state index contributed by atoms with van der Waals surface area (Å²) in [5, 5.41) is 10.6. The zero-order valence-corrected chi connectivity index (χ0v) is 22.7. The average Bonchev–Trinajstić information content (AvgIpc) is 3.47. The number of amides is 2. The highest BCUT2D eigenvalue weighted by Crippen LogP contribution is 2.64. The maximum atomic E-state index is 14.4. The predicted octanol–water partition coefficient (Wildman–Crippen LogP) is 3.42. The van der Waals surface area contributed by atoms with Crippen molar-refractivity contribution in [2.75, 3.05) is 19.8 Å². The van der Waals surface area contributed by atoms with Crippen LogP contribution in [0.3, 0.4) is 0 Å². The minimum atomic E-state index is -1.19. The molecule has 4 rings (SSSR count). The molecular formula is C30H40N2O6. The number of unbranched alkanes of at least 4 members (excludes halogenated alkanes) is 1. The van der Waals surface area contributed by atoms with E-state index in [1.165, 1.54) is 4.90 Å². The third-order valence-electron chi connectivity index (χ3n) is 8.42. The SMILES string of the molecule is C=CCCCOC(=O)[C@H]1[C@H]2C(=O)N([C@H](CO)c3ccccc3)C(C(=O)N(CC=C)C(C)C)C23CC[C@]1(C)O3. The summed E-state index contributed by atoms with van der Waals surface area (Å²) in [6.45, 7) is 13.3. The van der Waals surface area contributed by atoms with Gasteiger partial charge in [-0.1, -0.05) is 42.5 Å². The lowest BCUT2D eigenvalue weighted by atomic mass is 9.66. The first-order valence-corrected chi connectivity index (χ1v) is 13.5. The Labute approximate surface area is 225 Å². The van der Waals surface area contributed by atoms with Crippen molar-refractivity contribution in [3.8, 4) is 0 Å². The van der Waals surface area contributed by atoms with E-state index < -0.39 is 41.1 Å². The number of fused-ring (bicyclic) bond motifs is 1. The third-order valence-corrected chi connectivity index (χ3v) is 8.42. The number of esters is 1. The van der Waals surface area contributed by atoms with E-state index in [1.807, 2.05) is 51.1 Å². The first-order valence-electron chi connectivity index (χ1n) is 13.5. The van der Waals surface area contributed by atoms with Gasteiger partial charge in [-0.25, -0.2) is 0 Å². The number of ether oxygens (including phenoxy) is 2. The Kier molecular flexibility index (Phi) is 8.14. The summed E-state index contributed by atoms with van der Waals surface area (Å²) in [7, 11) is 0. The highest BCUT2D eigenvalue weighted by molar-refractivity contribution is 5.99. The number of allylic oxidation sites excluding steroid dienone is 1. The maximum absolute atomic E-state index is 14.4. The number of rotatable bonds is 12. The average molecular weight is 525 g/mol. The van der Waals surface area contributed by atoms with Gasteiger partial charge in [0.2, 0.25) is 11.8 Å². The van der Waals surface area contributed by atoms with Crippen LogP contribution in [-0.2, 0) is 23.9 Å². The predicted molar refractivity (Wildman–Crippen MR) is 143 cm³/mol. The molecule has 0 radical (unpaired) electrons. The molecule has 6 atom stereocenters. The normalized spacial score (nSPS) is 30.3. The number of hydrogen-bond acceptors (Lipinski definition) is 6. The van der Waals surface area contributed by atoms with E-state index >= 15 is 0 Å². The van der Waals surface area contributed by atoms with E-state index in [-0.39, 0.29) is 31.1 Å². The molecule has 8 nitrogen and oxygen atoms in total. The summed E-state index contributed by atoms with van der Waals surface area (Å²) in [6.07, 6.45) is 5.77. The number of carbonyl (C=O) groups is 3. The number of nitrogens with zero attached hydrogens (tertiary/aromatic N) is 2. The number of benzene rings is 1. The molecule has 3 saturated heterocycles. The third kappa shape index (κ3) is 4.47. The molecule has 8 heteroatoms. The van der Waals surface area contributed by atoms with Gasteiger partial charge in [0.25, 0.3) is 0 Å². The maximum Gasteiger partial charge on any atom is 0.312 e. The lowest BCUT2D eigenvalue weighted by Gasteiger charge is -2.40. The molecule has 2 bridgehead atoms. The summed E-state index contributed by atoms with van der Waals surface area (Å²) in [6, 6.07) is 7.26. The van der Waals surface area contributed by atoms with Gasteiger partial charge in [0, 0.05) is 12.6 Å². The first-order chi connectivity index (χ1) is 18.2. The van der Waals surface area contributed by atoms with Gasteiger partial charge in [-0.15, -0.1) is 13.2 Å². The Bertz CT molecular complexity index is 1070. The van der Waals surface area contributed by atoms with Crippen molar-refractivity contribution in [3.05, 3.63) is 61.2 Å². The Morgan fingerprint density at radius 3 is 2.55 bits per heavy atom. The van der Waals surface area contributed by atoms with Gasteiger partial charge in [-0.3, -0.25) is 14.4 Å². The van der Waals surface area contributed by atoms with Crippen molar-refractivity contribution in [1.29, 1.82) is 0 Å². The van der Waals surface area contributed by atoms with E-state index in [2.05, 4.69) is 13.2 Å². The minimum Gasteiger partial charge on any atom is -0.465 e. The molecule has 1 N–H and O–H groups in total. The molecule has 3 aliphatic rings. The zero-order chi connectivity index (χ0) is 27.7. The Morgan fingerprint density at radius 1 is 1.24 bits per heavy atom. The second-order valence-corrected chi connectivity index (χ2v) is 11.1. The number of carbonyl (C=O) groups excluding carboxylic acids is 3. The van der Waals surface area contributed by atoms with Crippen molar-refractivity contribution in [1.82, 2.24) is 9.80 Å². The van der Waals surface area contributed by atoms with E-state index in [0.29, 0.717) is 37.8 Å². The van der Waals surface area contributed by atoms with Gasteiger partial charge < -0.3 is 24.4 Å². The largest absolute Gasteiger partial charge is 0.465 e. The molecule has 0 aromatic heterocycles. The monoisotopic (exact) mass is 524 g/mol. The van der Waals surface area contributed by atoms with Crippen LogP contribution in [-0.4, -0.2) is 75.7 Å². The second-order valence-electron chi connectivity index (χ2n) is 11.1. The molecule has 2 amide bonds. The number of aliphatic hydroxyl groups is 1. The van der Waals surface area contributed by atoms with Crippen LogP contribution in [0.15, 0.2) is 55.6 Å². The first kappa shape index (κ1) is 28.0. The van der Waals surface area contributed by atoms with Crippen LogP contribution >= 0.6 is 0 Å². The molecule has 3 heterocycles. The molecule has 0 aliphatic carbocycles. The van der Waals surface area contributed by atoms with Gasteiger partial charge in [0.1, 0.15) is 17.6 Å². The molecule has 38 heavy (non-hydrogen) atoms. The molecule has 3 fully saturated rings. The molecular weight excluding hydrogens is 484 g/mol. The van der Waals surface area contributed by atoms with Crippen molar-refractivity contribution < 1.29 is 29.0 Å². The van der Waals surface area contributed by atoms with Crippen LogP contribution in [0.1, 0.15) is 58.1 Å². The number of likely N-dealkylation sites (tertiary alicyclic amines) is 1. The zero-order valence-electron chi connectivity index (χ0n) is 22.7. The van der Waals surface area contributed by atoms with E-state index in [9.17, 15) is 19.5 Å². The van der Waals surface area contributed by atoms with Crippen molar-refractivity contribution >= 4 is 17.8 Å². The quantitative estimate of drug-likeness (QED) is 0.256. The number of aliphatic hydroxyl groups excluding tert-OH is 1. The fourth-order valence-corrected chi connectivity index (χ4v) is 6.71. The van der Waals surface area contributed by atoms with Gasteiger partial charge in [-0.2, -0.15) is 0 Å². The van der Waals surface area contributed by atoms with Crippen LogP contribution < -0.4 is 0 Å². The topological polar surface area (TPSA) is 96.4 Å². The molecule has 1 spiro atoms. The highest BCUT2D eigenvalue weighted by Gasteiger charge is 2.79. The molecule has 1 aromatic carbocycles. The molecule has 2 unspecified atom stereocenters. The van der Waals surface area contributed by atoms with E-state index in [1.54, 1.807) is 17.1 Å². The summed E-state index contributed by atoms with van der Waals surface area (Å²) in [4.78, 5) is 45.3. The van der Waals surface area contributed by atoms with Crippen LogP contribution in [0.5, 0.6) is 0 Å². The van der Waals surface area contributed by atoms with Crippen molar-refractivity contribution in [3.63, 3.8) is 0 Å². The lowest BCUT2D eigenvalue weighted by Crippen LogP contribution is -2.58. The van der Waals surface area contributed by atoms with E-state index in [0.717, 1.165) is 0 Å². The van der Waals surface area contributed by atoms with Gasteiger partial charge >= 0.3 is 5.97 Å². The molecule has 206 valence electrons. The molecule has 1 aromatic rings. The Hall–Kier alpha value is -2.97. The highest BCUT2D eigenvalue weighted by atomic mass is 16.6. The second kappa shape index (κ2) is 11.0. The lowest BCUT2D eigenvalue weighted by molar-refractivity contribution is -0.162. The fourth-order valence-electron chi connectivity index (χ4n) is 6.71. The van der Waals surface area contributed by atoms with Gasteiger partial charge in [0.15, 0.2) is 0 Å². The summed E-state index contributed by atoms with van der Waals surface area (Å²) < 4.78 is 12.3. The van der Waals surface area contributed by atoms with Crippen molar-refractivity contribution in [2.24, 2.45) is 11.8 Å². The molecule has 0 saturated carbocycles. The fraction of sp³-hybridized carbons (Fsp3) is 0.567. The van der Waals surface area contributed by atoms with Crippen LogP contribution in [0.2, 0.25) is 0 Å². The Balaban J connectivity index is 1.80. The van der Waals surface area contributed by atoms with Gasteiger partial charge in [-0.05, 0) is 52.0 Å². The van der Waals surface area contributed by atoms with Crippen molar-refractivity contribution in [2.45, 2.75) is 75.8 Å². The summed E-state index contributed by atoms with van der Waals surface area (Å²) >= 11 is 0. The summed E-state index contributed by atoms with van der Waals surface area (Å²) in [5.74, 6) is -2.82.